The van der Waals surface area contributed by atoms with Crippen molar-refractivity contribution >= 4 is 35.1 Å². The van der Waals surface area contributed by atoms with Gasteiger partial charge in [0, 0.05) is 50.2 Å². The highest BCUT2D eigenvalue weighted by molar-refractivity contribution is 6.32. The van der Waals surface area contributed by atoms with Crippen molar-refractivity contribution in [1.82, 2.24) is 20.2 Å². The second kappa shape index (κ2) is 9.69. The molecule has 0 radical (unpaired) electrons. The van der Waals surface area contributed by atoms with Crippen LogP contribution in [0.1, 0.15) is 24.2 Å². The quantitative estimate of drug-likeness (QED) is 0.532. The van der Waals surface area contributed by atoms with Gasteiger partial charge in [-0.05, 0) is 24.1 Å². The van der Waals surface area contributed by atoms with Crippen LogP contribution in [0.25, 0.3) is 0 Å². The molecule has 164 valence electrons. The first-order valence-corrected chi connectivity index (χ1v) is 10.2. The van der Waals surface area contributed by atoms with Gasteiger partial charge in [-0.15, -0.1) is 0 Å². The summed E-state index contributed by atoms with van der Waals surface area (Å²) in [6.07, 6.45) is 3.34. The van der Waals surface area contributed by atoms with Gasteiger partial charge in [0.2, 0.25) is 11.9 Å². The first-order valence-electron chi connectivity index (χ1n) is 9.83. The molecule has 2 aromatic rings. The Morgan fingerprint density at radius 1 is 1.16 bits per heavy atom. The van der Waals surface area contributed by atoms with Crippen LogP contribution in [0, 0.1) is 16.0 Å². The van der Waals surface area contributed by atoms with Crippen LogP contribution in [0.4, 0.5) is 11.6 Å². The maximum Gasteiger partial charge on any atom is 0.288 e. The first-order chi connectivity index (χ1) is 14.8. The van der Waals surface area contributed by atoms with Gasteiger partial charge in [0.25, 0.3) is 11.6 Å². The number of hydrogen-bond donors (Lipinski definition) is 1. The Bertz CT molecular complexity index is 963. The van der Waals surface area contributed by atoms with Crippen LogP contribution in [0.5, 0.6) is 0 Å². The number of nitrogens with zero attached hydrogens (tertiary/aromatic N) is 5. The van der Waals surface area contributed by atoms with Crippen molar-refractivity contribution < 1.29 is 14.5 Å². The summed E-state index contributed by atoms with van der Waals surface area (Å²) >= 11 is 5.81. The van der Waals surface area contributed by atoms with Crippen LogP contribution in [-0.4, -0.2) is 63.8 Å². The molecule has 0 spiro atoms. The van der Waals surface area contributed by atoms with Crippen LogP contribution in [0.2, 0.25) is 5.02 Å². The van der Waals surface area contributed by atoms with Gasteiger partial charge in [0.15, 0.2) is 0 Å². The van der Waals surface area contributed by atoms with E-state index in [0.29, 0.717) is 32.1 Å². The Balaban J connectivity index is 1.67. The lowest BCUT2D eigenvalue weighted by molar-refractivity contribution is -0.384. The number of amides is 2. The summed E-state index contributed by atoms with van der Waals surface area (Å²) < 4.78 is 0. The molecule has 11 heteroatoms. The molecule has 1 aliphatic rings. The molecule has 2 amide bonds. The van der Waals surface area contributed by atoms with E-state index in [1.807, 2.05) is 18.7 Å². The average Bonchev–Trinajstić information content (AvgIpc) is 2.77. The zero-order valence-electron chi connectivity index (χ0n) is 17.2. The van der Waals surface area contributed by atoms with E-state index in [0.717, 1.165) is 6.07 Å². The van der Waals surface area contributed by atoms with E-state index < -0.39 is 16.9 Å². The number of aromatic nitrogens is 2. The minimum Gasteiger partial charge on any atom is -0.340 e. The number of hydrogen-bond acceptors (Lipinski definition) is 7. The Morgan fingerprint density at radius 3 is 2.39 bits per heavy atom. The lowest BCUT2D eigenvalue weighted by Crippen LogP contribution is -2.56. The molecule has 1 fully saturated rings. The Morgan fingerprint density at radius 2 is 1.81 bits per heavy atom. The molecule has 0 aliphatic carbocycles. The normalized spacial score (nSPS) is 15.0. The van der Waals surface area contributed by atoms with Crippen molar-refractivity contribution in [3.05, 3.63) is 57.4 Å². The van der Waals surface area contributed by atoms with E-state index in [9.17, 15) is 19.7 Å². The number of carbonyl (C=O) groups is 2. The minimum absolute atomic E-state index is 0.0571. The number of halogens is 1. The Hall–Kier alpha value is -3.27. The summed E-state index contributed by atoms with van der Waals surface area (Å²) in [7, 11) is 0. The van der Waals surface area contributed by atoms with Gasteiger partial charge in [0.05, 0.1) is 4.92 Å². The summed E-state index contributed by atoms with van der Waals surface area (Å²) in [4.78, 5) is 48.4. The van der Waals surface area contributed by atoms with Gasteiger partial charge >= 0.3 is 0 Å². The van der Waals surface area contributed by atoms with Gasteiger partial charge in [-0.2, -0.15) is 0 Å². The monoisotopic (exact) mass is 446 g/mol. The third kappa shape index (κ3) is 5.26. The van der Waals surface area contributed by atoms with Crippen molar-refractivity contribution in [3.63, 3.8) is 0 Å². The van der Waals surface area contributed by atoms with Crippen molar-refractivity contribution in [3.8, 4) is 0 Å². The highest BCUT2D eigenvalue weighted by Crippen LogP contribution is 2.25. The summed E-state index contributed by atoms with van der Waals surface area (Å²) in [5.41, 5.74) is -0.290. The fourth-order valence-electron chi connectivity index (χ4n) is 3.31. The molecule has 1 aromatic carbocycles. The van der Waals surface area contributed by atoms with Crippen LogP contribution in [0.3, 0.4) is 0 Å². The summed E-state index contributed by atoms with van der Waals surface area (Å²) in [5, 5.41) is 13.8. The molecule has 1 saturated heterocycles. The molecule has 0 bridgehead atoms. The molecule has 1 aromatic heterocycles. The molecule has 31 heavy (non-hydrogen) atoms. The van der Waals surface area contributed by atoms with Crippen molar-refractivity contribution in [2.45, 2.75) is 19.9 Å². The number of rotatable bonds is 6. The molecular weight excluding hydrogens is 424 g/mol. The van der Waals surface area contributed by atoms with E-state index in [1.165, 1.54) is 12.1 Å². The SMILES string of the molecule is CC(C)C(NC(=O)c1ccc(Cl)c([N+](=O)[O-])c1)C(=O)N1CCN(c2ncccn2)CC1. The topological polar surface area (TPSA) is 122 Å². The van der Waals surface area contributed by atoms with Crippen molar-refractivity contribution in [2.75, 3.05) is 31.1 Å². The summed E-state index contributed by atoms with van der Waals surface area (Å²) in [6.45, 7) is 5.78. The van der Waals surface area contributed by atoms with Crippen molar-refractivity contribution in [2.24, 2.45) is 5.92 Å². The molecule has 1 unspecified atom stereocenters. The van der Waals surface area contributed by atoms with Crippen LogP contribution >= 0.6 is 11.6 Å². The molecular formula is C20H23ClN6O4. The second-order valence-electron chi connectivity index (χ2n) is 7.48. The van der Waals surface area contributed by atoms with Crippen molar-refractivity contribution in [1.29, 1.82) is 0 Å². The highest BCUT2D eigenvalue weighted by Gasteiger charge is 2.31. The number of anilines is 1. The fraction of sp³-hybridized carbons (Fsp3) is 0.400. The van der Waals surface area contributed by atoms with Crippen LogP contribution in [-0.2, 0) is 4.79 Å². The maximum atomic E-state index is 13.1. The summed E-state index contributed by atoms with van der Waals surface area (Å²) in [6, 6.07) is 4.78. The van der Waals surface area contributed by atoms with Crippen LogP contribution < -0.4 is 10.2 Å². The minimum atomic E-state index is -0.762. The summed E-state index contributed by atoms with van der Waals surface area (Å²) in [5.74, 6) is -0.314. The van der Waals surface area contributed by atoms with Gasteiger partial charge in [-0.25, -0.2) is 9.97 Å². The van der Waals surface area contributed by atoms with Crippen LogP contribution in [0.15, 0.2) is 36.7 Å². The number of benzene rings is 1. The lowest BCUT2D eigenvalue weighted by atomic mass is 10.0. The van der Waals surface area contributed by atoms with E-state index in [-0.39, 0.29) is 28.1 Å². The Kier molecular flexibility index (Phi) is 7.01. The van der Waals surface area contributed by atoms with Gasteiger partial charge in [-0.3, -0.25) is 19.7 Å². The third-order valence-electron chi connectivity index (χ3n) is 5.05. The fourth-order valence-corrected chi connectivity index (χ4v) is 3.50. The second-order valence-corrected chi connectivity index (χ2v) is 7.89. The smallest absolute Gasteiger partial charge is 0.288 e. The van der Waals surface area contributed by atoms with Gasteiger partial charge in [-0.1, -0.05) is 25.4 Å². The highest BCUT2D eigenvalue weighted by atomic mass is 35.5. The molecule has 1 N–H and O–H groups in total. The first kappa shape index (κ1) is 22.4. The van der Waals surface area contributed by atoms with E-state index in [1.54, 1.807) is 23.4 Å². The number of carbonyl (C=O) groups excluding carboxylic acids is 2. The van der Waals surface area contributed by atoms with E-state index >= 15 is 0 Å². The maximum absolute atomic E-state index is 13.1. The molecule has 0 saturated carbocycles. The Labute approximate surface area is 184 Å². The number of piperazine rings is 1. The average molecular weight is 447 g/mol. The number of nitro groups is 1. The predicted molar refractivity (Wildman–Crippen MR) is 115 cm³/mol. The zero-order valence-corrected chi connectivity index (χ0v) is 18.0. The molecule has 1 aliphatic heterocycles. The van der Waals surface area contributed by atoms with Gasteiger partial charge < -0.3 is 15.1 Å². The number of nitro benzene ring substituents is 1. The van der Waals surface area contributed by atoms with E-state index in [2.05, 4.69) is 15.3 Å². The standard InChI is InChI=1S/C20H23ClN6O4/c1-13(2)17(24-18(28)14-4-5-15(21)16(12-14)27(30)31)19(29)25-8-10-26(11-9-25)20-22-6-3-7-23-20/h3-7,12-13,17H,8-11H2,1-2H3,(H,24,28). The molecule has 2 heterocycles. The predicted octanol–water partition coefficient (Wildman–Crippen LogP) is 2.14. The molecule has 10 nitrogen and oxygen atoms in total. The van der Waals surface area contributed by atoms with E-state index in [4.69, 9.17) is 11.6 Å². The zero-order chi connectivity index (χ0) is 22.5. The largest absolute Gasteiger partial charge is 0.340 e. The molecule has 1 atom stereocenters. The third-order valence-corrected chi connectivity index (χ3v) is 5.37. The number of nitrogens with one attached hydrogen (secondary N) is 1. The van der Waals surface area contributed by atoms with Gasteiger partial charge in [0.1, 0.15) is 11.1 Å². The lowest BCUT2D eigenvalue weighted by Gasteiger charge is -2.37. The molecule has 3 rings (SSSR count).